The summed E-state index contributed by atoms with van der Waals surface area (Å²) in [6.45, 7) is 4.27. The zero-order valence-electron chi connectivity index (χ0n) is 24.6. The molecule has 3 atom stereocenters. The average molecular weight is 559 g/mol. The van der Waals surface area contributed by atoms with Crippen molar-refractivity contribution in [2.45, 2.75) is 103 Å². The number of aliphatic hydroxyl groups is 1. The maximum Gasteiger partial charge on any atom is 0.268 e. The number of aliphatic hydroxyl groups excluding tert-OH is 1. The highest BCUT2D eigenvalue weighted by Crippen LogP contribution is 2.38. The molecule has 3 unspecified atom stereocenters. The third kappa shape index (κ3) is 23.8. The van der Waals surface area contributed by atoms with Crippen molar-refractivity contribution in [3.8, 4) is 0 Å². The first kappa shape index (κ1) is 36.7. The van der Waals surface area contributed by atoms with Gasteiger partial charge in [0.1, 0.15) is 13.2 Å². The second kappa shape index (κ2) is 22.5. The first-order chi connectivity index (χ1) is 18.0. The van der Waals surface area contributed by atoms with Gasteiger partial charge in [-0.3, -0.25) is 9.36 Å². The molecule has 1 amide bonds. The van der Waals surface area contributed by atoms with Crippen LogP contribution in [-0.2, 0) is 18.4 Å². The number of phosphoric ester groups is 1. The molecule has 0 aliphatic heterocycles. The van der Waals surface area contributed by atoms with E-state index < -0.39 is 26.6 Å². The lowest BCUT2D eigenvalue weighted by Gasteiger charge is -2.29. The van der Waals surface area contributed by atoms with E-state index in [1.807, 2.05) is 40.2 Å². The molecule has 0 saturated carbocycles. The van der Waals surface area contributed by atoms with Crippen LogP contribution in [0.25, 0.3) is 0 Å². The van der Waals surface area contributed by atoms with Crippen LogP contribution < -0.4 is 10.2 Å². The predicted octanol–water partition coefficient (Wildman–Crippen LogP) is 5.43. The summed E-state index contributed by atoms with van der Waals surface area (Å²) in [5, 5.41) is 13.4. The summed E-state index contributed by atoms with van der Waals surface area (Å²) in [4.78, 5) is 24.8. The largest absolute Gasteiger partial charge is 0.756 e. The number of hydrogen-bond acceptors (Lipinski definition) is 6. The van der Waals surface area contributed by atoms with Gasteiger partial charge in [0, 0.05) is 6.42 Å². The molecule has 0 rings (SSSR count). The number of allylic oxidation sites excluding steroid dienone is 5. The molecule has 0 aromatic rings. The van der Waals surface area contributed by atoms with Gasteiger partial charge in [-0.25, -0.2) is 0 Å². The van der Waals surface area contributed by atoms with E-state index >= 15 is 0 Å². The molecule has 0 aliphatic rings. The molecular formula is C29H55N2O6P. The van der Waals surface area contributed by atoms with Crippen LogP contribution >= 0.6 is 7.82 Å². The zero-order valence-corrected chi connectivity index (χ0v) is 25.5. The molecule has 0 aromatic carbocycles. The molecule has 2 N–H and O–H groups in total. The summed E-state index contributed by atoms with van der Waals surface area (Å²) >= 11 is 0. The summed E-state index contributed by atoms with van der Waals surface area (Å²) < 4.78 is 22.8. The Morgan fingerprint density at radius 2 is 1.53 bits per heavy atom. The van der Waals surface area contributed by atoms with E-state index in [-0.39, 0.29) is 12.5 Å². The highest BCUT2D eigenvalue weighted by Gasteiger charge is 2.23. The standard InChI is InChI=1S/C29H55N2O6P/c1-6-8-10-12-14-15-17-18-20-22-28(32)27(26-37-38(34,35)36-25-24-31(3,4)5)30-29(33)23-21-19-16-13-11-9-7-2/h6,8,14-15,20,22,27-28,32H,7,9-13,16-19,21,23-26H2,1-5H3,(H-,30,33,34,35)/b8-6+,15-14+,22-20+. The lowest BCUT2D eigenvalue weighted by Crippen LogP contribution is -2.45. The molecule has 9 heteroatoms. The number of quaternary nitrogens is 1. The minimum Gasteiger partial charge on any atom is -0.756 e. The van der Waals surface area contributed by atoms with Crippen molar-refractivity contribution in [1.29, 1.82) is 0 Å². The van der Waals surface area contributed by atoms with Crippen molar-refractivity contribution in [2.24, 2.45) is 0 Å². The van der Waals surface area contributed by atoms with Gasteiger partial charge in [-0.2, -0.15) is 0 Å². The normalized spacial score (nSPS) is 15.9. The molecule has 0 radical (unpaired) electrons. The summed E-state index contributed by atoms with van der Waals surface area (Å²) in [6, 6.07) is -0.899. The third-order valence-electron chi connectivity index (χ3n) is 5.93. The van der Waals surface area contributed by atoms with Crippen LogP contribution in [0.5, 0.6) is 0 Å². The van der Waals surface area contributed by atoms with Gasteiger partial charge in [0.2, 0.25) is 5.91 Å². The molecule has 0 aromatic heterocycles. The maximum atomic E-state index is 12.5. The van der Waals surface area contributed by atoms with Crippen molar-refractivity contribution in [1.82, 2.24) is 5.32 Å². The number of likely N-dealkylation sites (N-methyl/N-ethyl adjacent to an activating group) is 1. The highest BCUT2D eigenvalue weighted by atomic mass is 31.2. The van der Waals surface area contributed by atoms with Crippen LogP contribution in [0.15, 0.2) is 36.5 Å². The zero-order chi connectivity index (χ0) is 28.7. The van der Waals surface area contributed by atoms with Crippen LogP contribution in [0.2, 0.25) is 0 Å². The molecule has 0 saturated heterocycles. The van der Waals surface area contributed by atoms with Gasteiger partial charge in [-0.1, -0.05) is 81.9 Å². The maximum absolute atomic E-state index is 12.5. The molecule has 0 heterocycles. The van der Waals surface area contributed by atoms with E-state index in [4.69, 9.17) is 9.05 Å². The van der Waals surface area contributed by atoms with Crippen molar-refractivity contribution < 1.29 is 32.9 Å². The summed E-state index contributed by atoms with van der Waals surface area (Å²) in [6.07, 6.45) is 22.3. The number of carbonyl (C=O) groups is 1. The van der Waals surface area contributed by atoms with E-state index in [1.165, 1.54) is 25.7 Å². The Morgan fingerprint density at radius 1 is 0.947 bits per heavy atom. The Morgan fingerprint density at radius 3 is 2.13 bits per heavy atom. The van der Waals surface area contributed by atoms with Gasteiger partial charge >= 0.3 is 0 Å². The van der Waals surface area contributed by atoms with Crippen molar-refractivity contribution >= 4 is 13.7 Å². The summed E-state index contributed by atoms with van der Waals surface area (Å²) in [7, 11) is 1.22. The lowest BCUT2D eigenvalue weighted by molar-refractivity contribution is -0.870. The highest BCUT2D eigenvalue weighted by molar-refractivity contribution is 7.45. The molecular weight excluding hydrogens is 503 g/mol. The van der Waals surface area contributed by atoms with Crippen LogP contribution in [0.3, 0.4) is 0 Å². The number of nitrogens with one attached hydrogen (secondary N) is 1. The van der Waals surface area contributed by atoms with Gasteiger partial charge < -0.3 is 28.8 Å². The number of nitrogens with zero attached hydrogens (tertiary/aromatic N) is 1. The predicted molar refractivity (Wildman–Crippen MR) is 155 cm³/mol. The monoisotopic (exact) mass is 558 g/mol. The van der Waals surface area contributed by atoms with E-state index in [0.717, 1.165) is 44.9 Å². The van der Waals surface area contributed by atoms with Crippen LogP contribution in [0.4, 0.5) is 0 Å². The molecule has 0 aliphatic carbocycles. The van der Waals surface area contributed by atoms with Crippen LogP contribution in [-0.4, -0.2) is 68.5 Å². The molecule has 222 valence electrons. The van der Waals surface area contributed by atoms with Gasteiger partial charge in [-0.15, -0.1) is 0 Å². The Hall–Kier alpha value is -1.28. The molecule has 0 bridgehead atoms. The van der Waals surface area contributed by atoms with Gasteiger partial charge in [0.05, 0.1) is 39.9 Å². The number of unbranched alkanes of at least 4 members (excludes halogenated alkanes) is 8. The molecule has 0 fully saturated rings. The van der Waals surface area contributed by atoms with Gasteiger partial charge in [0.15, 0.2) is 0 Å². The number of hydrogen-bond donors (Lipinski definition) is 2. The van der Waals surface area contributed by atoms with Crippen LogP contribution in [0.1, 0.15) is 90.9 Å². The fraction of sp³-hybridized carbons (Fsp3) is 0.759. The smallest absolute Gasteiger partial charge is 0.268 e. The molecule has 38 heavy (non-hydrogen) atoms. The topological polar surface area (TPSA) is 108 Å². The van der Waals surface area contributed by atoms with E-state index in [1.54, 1.807) is 6.08 Å². The number of phosphoric acid groups is 1. The summed E-state index contributed by atoms with van der Waals surface area (Å²) in [5.74, 6) is -0.227. The quantitative estimate of drug-likeness (QED) is 0.0708. The Bertz CT molecular complexity index is 733. The van der Waals surface area contributed by atoms with Crippen molar-refractivity contribution in [2.75, 3.05) is 40.9 Å². The first-order valence-corrected chi connectivity index (χ1v) is 15.8. The van der Waals surface area contributed by atoms with E-state index in [0.29, 0.717) is 17.4 Å². The number of amides is 1. The number of rotatable bonds is 24. The minimum absolute atomic E-state index is 0.00966. The van der Waals surface area contributed by atoms with Crippen molar-refractivity contribution in [3.05, 3.63) is 36.5 Å². The average Bonchev–Trinajstić information content (AvgIpc) is 2.84. The fourth-order valence-corrected chi connectivity index (χ4v) is 4.26. The lowest BCUT2D eigenvalue weighted by atomic mass is 10.1. The van der Waals surface area contributed by atoms with Crippen molar-refractivity contribution in [3.63, 3.8) is 0 Å². The van der Waals surface area contributed by atoms with Gasteiger partial charge in [0.25, 0.3) is 7.82 Å². The van der Waals surface area contributed by atoms with E-state index in [9.17, 15) is 19.4 Å². The van der Waals surface area contributed by atoms with E-state index in [2.05, 4.69) is 30.5 Å². The van der Waals surface area contributed by atoms with Gasteiger partial charge in [-0.05, 0) is 39.0 Å². The summed E-state index contributed by atoms with van der Waals surface area (Å²) in [5.41, 5.74) is 0. The van der Waals surface area contributed by atoms with Crippen LogP contribution in [0, 0.1) is 0 Å². The fourth-order valence-electron chi connectivity index (χ4n) is 3.54. The Kier molecular flexibility index (Phi) is 21.8. The number of carbonyl (C=O) groups excluding carboxylic acids is 1. The first-order valence-electron chi connectivity index (χ1n) is 14.3. The third-order valence-corrected chi connectivity index (χ3v) is 6.89. The SMILES string of the molecule is C/C=C/CC/C=C/CC/C=C/C(O)C(COP(=O)([O-])OCC[N+](C)(C)C)NC(=O)CCCCCCCCC. The molecule has 8 nitrogen and oxygen atoms in total. The Labute approximate surface area is 232 Å². The second-order valence-electron chi connectivity index (χ2n) is 10.7. The molecule has 0 spiro atoms. The second-order valence-corrected chi connectivity index (χ2v) is 12.2. The minimum atomic E-state index is -4.57. The Balaban J connectivity index is 4.80.